The van der Waals surface area contributed by atoms with E-state index in [1.165, 1.54) is 7.11 Å². The van der Waals surface area contributed by atoms with Gasteiger partial charge in [-0.1, -0.05) is 36.4 Å². The first kappa shape index (κ1) is 20.4. The second-order valence-electron chi connectivity index (χ2n) is 6.86. The Morgan fingerprint density at radius 2 is 1.71 bits per heavy atom. The molecule has 150 valence electrons. The van der Waals surface area contributed by atoms with E-state index in [-0.39, 0.29) is 0 Å². The van der Waals surface area contributed by atoms with E-state index in [2.05, 4.69) is 4.74 Å². The Morgan fingerprint density at radius 1 is 1.00 bits per heavy atom. The number of carbonyl (C=O) groups is 1. The molecule has 0 spiro atoms. The van der Waals surface area contributed by atoms with E-state index >= 15 is 0 Å². The number of carbonyl (C=O) groups excluding carboxylic acids is 1. The molecular weight excluding hydrogens is 364 g/mol. The molecule has 0 bridgehead atoms. The molecule has 1 heterocycles. The summed E-state index contributed by atoms with van der Waals surface area (Å²) in [6.45, 7) is -0.465. The number of rotatable bonds is 5. The molecule has 1 saturated heterocycles. The highest BCUT2D eigenvalue weighted by Gasteiger charge is 2.43. The van der Waals surface area contributed by atoms with Crippen molar-refractivity contribution in [3.05, 3.63) is 70.8 Å². The van der Waals surface area contributed by atoms with Crippen LogP contribution in [0.3, 0.4) is 0 Å². The summed E-state index contributed by atoms with van der Waals surface area (Å²) in [4.78, 5) is 11.5. The quantitative estimate of drug-likeness (QED) is 0.554. The fourth-order valence-electron chi connectivity index (χ4n) is 3.37. The fourth-order valence-corrected chi connectivity index (χ4v) is 3.37. The highest BCUT2D eigenvalue weighted by atomic mass is 16.5. The monoisotopic (exact) mass is 388 g/mol. The maximum Gasteiger partial charge on any atom is 0.337 e. The van der Waals surface area contributed by atoms with Crippen LogP contribution in [-0.4, -0.2) is 64.5 Å². The van der Waals surface area contributed by atoms with E-state index in [0.29, 0.717) is 17.5 Å². The number of esters is 1. The van der Waals surface area contributed by atoms with Gasteiger partial charge in [0, 0.05) is 0 Å². The minimum absolute atomic E-state index is 0.392. The van der Waals surface area contributed by atoms with Gasteiger partial charge in [-0.15, -0.1) is 0 Å². The second-order valence-corrected chi connectivity index (χ2v) is 6.86. The summed E-state index contributed by atoms with van der Waals surface area (Å²) >= 11 is 0. The van der Waals surface area contributed by atoms with Crippen LogP contribution >= 0.6 is 0 Å². The summed E-state index contributed by atoms with van der Waals surface area (Å²) in [5, 5.41) is 39.6. The lowest BCUT2D eigenvalue weighted by atomic mass is 9.90. The molecule has 0 unspecified atom stereocenters. The number of hydrogen-bond donors (Lipinski definition) is 4. The van der Waals surface area contributed by atoms with Crippen LogP contribution in [0.4, 0.5) is 0 Å². The smallest absolute Gasteiger partial charge is 0.337 e. The number of benzene rings is 2. The van der Waals surface area contributed by atoms with E-state index in [1.807, 2.05) is 30.3 Å². The largest absolute Gasteiger partial charge is 0.465 e. The van der Waals surface area contributed by atoms with Crippen LogP contribution in [0.2, 0.25) is 0 Å². The molecule has 0 aromatic heterocycles. The molecule has 1 aliphatic heterocycles. The number of ether oxygens (including phenoxy) is 2. The first-order valence-corrected chi connectivity index (χ1v) is 9.01. The SMILES string of the molecule is COC(=O)c1ccc(Cc2cccc([C@@H]3O[C@H](CO)[C@@H](O)[C@H](O)[C@H]3O)c2)cc1. The van der Waals surface area contributed by atoms with Crippen molar-refractivity contribution in [3.63, 3.8) is 0 Å². The van der Waals surface area contributed by atoms with E-state index in [9.17, 15) is 25.2 Å². The van der Waals surface area contributed by atoms with Crippen molar-refractivity contribution < 1.29 is 34.7 Å². The Balaban J connectivity index is 1.77. The third-order valence-corrected chi connectivity index (χ3v) is 4.96. The zero-order chi connectivity index (χ0) is 20.3. The zero-order valence-electron chi connectivity index (χ0n) is 15.4. The normalized spacial score (nSPS) is 27.4. The van der Waals surface area contributed by atoms with Crippen LogP contribution in [0.1, 0.15) is 33.2 Å². The predicted molar refractivity (Wildman–Crippen MR) is 99.7 cm³/mol. The van der Waals surface area contributed by atoms with Gasteiger partial charge < -0.3 is 29.9 Å². The Hall–Kier alpha value is -2.29. The van der Waals surface area contributed by atoms with E-state index in [0.717, 1.165) is 11.1 Å². The van der Waals surface area contributed by atoms with Crippen LogP contribution < -0.4 is 0 Å². The number of aliphatic hydroxyl groups excluding tert-OH is 4. The Labute approximate surface area is 162 Å². The first-order chi connectivity index (χ1) is 13.4. The number of methoxy groups -OCH3 is 1. The summed E-state index contributed by atoms with van der Waals surface area (Å²) in [5.74, 6) is -0.392. The second kappa shape index (κ2) is 8.81. The summed E-state index contributed by atoms with van der Waals surface area (Å²) in [5.41, 5.74) is 3.04. The molecule has 0 saturated carbocycles. The van der Waals surface area contributed by atoms with Gasteiger partial charge in [0.15, 0.2) is 0 Å². The minimum Gasteiger partial charge on any atom is -0.465 e. The average molecular weight is 388 g/mol. The van der Waals surface area contributed by atoms with Gasteiger partial charge >= 0.3 is 5.97 Å². The predicted octanol–water partition coefficient (Wildman–Crippen LogP) is 0.579. The van der Waals surface area contributed by atoms with Gasteiger partial charge in [0.2, 0.25) is 0 Å². The van der Waals surface area contributed by atoms with Crippen LogP contribution in [0.15, 0.2) is 48.5 Å². The van der Waals surface area contributed by atoms with Gasteiger partial charge in [0.1, 0.15) is 30.5 Å². The Morgan fingerprint density at radius 3 is 2.36 bits per heavy atom. The molecule has 7 heteroatoms. The van der Waals surface area contributed by atoms with Crippen molar-refractivity contribution in [1.82, 2.24) is 0 Å². The summed E-state index contributed by atoms with van der Waals surface area (Å²) in [6, 6.07) is 14.4. The van der Waals surface area contributed by atoms with Crippen LogP contribution in [-0.2, 0) is 15.9 Å². The summed E-state index contributed by atoms with van der Waals surface area (Å²) in [6.07, 6.45) is -5.33. The van der Waals surface area contributed by atoms with Gasteiger partial charge in [-0.3, -0.25) is 0 Å². The highest BCUT2D eigenvalue weighted by molar-refractivity contribution is 5.89. The van der Waals surface area contributed by atoms with Crippen LogP contribution in [0, 0.1) is 0 Å². The number of hydrogen-bond acceptors (Lipinski definition) is 7. The fraction of sp³-hybridized carbons (Fsp3) is 0.381. The van der Waals surface area contributed by atoms with Gasteiger partial charge in [-0.05, 0) is 35.2 Å². The van der Waals surface area contributed by atoms with Crippen molar-refractivity contribution >= 4 is 5.97 Å². The van der Waals surface area contributed by atoms with Crippen molar-refractivity contribution in [2.75, 3.05) is 13.7 Å². The third kappa shape index (κ3) is 4.24. The van der Waals surface area contributed by atoms with E-state index < -0.39 is 43.1 Å². The standard InChI is InChI=1S/C21H24O7/c1-27-21(26)14-7-5-12(6-8-14)9-13-3-2-4-15(10-13)20-19(25)18(24)17(23)16(11-22)28-20/h2-8,10,16-20,22-25H,9,11H2,1H3/t16-,17-,18+,19-,20+/m1/s1. The molecule has 2 aromatic carbocycles. The molecule has 5 atom stereocenters. The molecule has 0 amide bonds. The molecule has 2 aromatic rings. The maximum absolute atomic E-state index is 11.5. The lowest BCUT2D eigenvalue weighted by molar-refractivity contribution is -0.231. The summed E-state index contributed by atoms with van der Waals surface area (Å²) in [7, 11) is 1.33. The third-order valence-electron chi connectivity index (χ3n) is 4.96. The van der Waals surface area contributed by atoms with Crippen molar-refractivity contribution in [2.24, 2.45) is 0 Å². The maximum atomic E-state index is 11.5. The van der Waals surface area contributed by atoms with E-state index in [1.54, 1.807) is 18.2 Å². The van der Waals surface area contributed by atoms with E-state index in [4.69, 9.17) is 4.74 Å². The molecular formula is C21H24O7. The van der Waals surface area contributed by atoms with Gasteiger partial charge in [-0.25, -0.2) is 4.79 Å². The molecule has 1 fully saturated rings. The lowest BCUT2D eigenvalue weighted by Gasteiger charge is -2.40. The van der Waals surface area contributed by atoms with Gasteiger partial charge in [0.05, 0.1) is 19.3 Å². The van der Waals surface area contributed by atoms with Crippen molar-refractivity contribution in [2.45, 2.75) is 36.9 Å². The molecule has 3 rings (SSSR count). The molecule has 0 radical (unpaired) electrons. The van der Waals surface area contributed by atoms with Gasteiger partial charge in [-0.2, -0.15) is 0 Å². The molecule has 1 aliphatic rings. The summed E-state index contributed by atoms with van der Waals surface area (Å²) < 4.78 is 10.3. The van der Waals surface area contributed by atoms with Crippen LogP contribution in [0.25, 0.3) is 0 Å². The first-order valence-electron chi connectivity index (χ1n) is 9.01. The zero-order valence-corrected chi connectivity index (χ0v) is 15.4. The Kier molecular flexibility index (Phi) is 6.43. The minimum atomic E-state index is -1.41. The molecule has 0 aliphatic carbocycles. The van der Waals surface area contributed by atoms with Gasteiger partial charge in [0.25, 0.3) is 0 Å². The van der Waals surface area contributed by atoms with Crippen LogP contribution in [0.5, 0.6) is 0 Å². The van der Waals surface area contributed by atoms with Crippen molar-refractivity contribution in [3.8, 4) is 0 Å². The molecule has 28 heavy (non-hydrogen) atoms. The number of aliphatic hydroxyl groups is 4. The Bertz CT molecular complexity index is 803. The molecule has 7 nitrogen and oxygen atoms in total. The van der Waals surface area contributed by atoms with Crippen molar-refractivity contribution in [1.29, 1.82) is 0 Å². The molecule has 4 N–H and O–H groups in total. The highest BCUT2D eigenvalue weighted by Crippen LogP contribution is 2.32. The topological polar surface area (TPSA) is 116 Å². The average Bonchev–Trinajstić information content (AvgIpc) is 2.72. The lowest BCUT2D eigenvalue weighted by Crippen LogP contribution is -2.55.